The average molecular weight is 449 g/mol. The molecule has 10 heteroatoms. The molecule has 3 rings (SSSR count). The summed E-state index contributed by atoms with van der Waals surface area (Å²) in [6, 6.07) is 10.9. The molecule has 0 saturated heterocycles. The van der Waals surface area contributed by atoms with E-state index >= 15 is 0 Å². The molecule has 0 fully saturated rings. The number of nitrogens with zero attached hydrogens (tertiary/aromatic N) is 2. The fourth-order valence-corrected chi connectivity index (χ4v) is 2.41. The largest absolute Gasteiger partial charge is 0.478 e. The van der Waals surface area contributed by atoms with Gasteiger partial charge in [-0.2, -0.15) is 27.5 Å². The van der Waals surface area contributed by atoms with E-state index in [1.165, 1.54) is 0 Å². The fraction of sp³-hybridized carbons (Fsp3) is 0.182. The van der Waals surface area contributed by atoms with Crippen LogP contribution in [0.3, 0.4) is 0 Å². The van der Waals surface area contributed by atoms with Gasteiger partial charge in [-0.25, -0.2) is 4.79 Å². The molecule has 0 saturated carbocycles. The molecule has 0 bridgehead atoms. The third kappa shape index (κ3) is 6.59. The number of nitrogens with one attached hydrogen (secondary N) is 1. The highest BCUT2D eigenvalue weighted by atomic mass is 19.1. The Bertz CT molecular complexity index is 1130. The number of carbonyl (C=O) groups is 2. The van der Waals surface area contributed by atoms with Gasteiger partial charge in [0, 0.05) is 5.69 Å². The molecule has 6 nitrogen and oxygen atoms in total. The molecule has 0 unspecified atom stereocenters. The van der Waals surface area contributed by atoms with Crippen LogP contribution in [0.5, 0.6) is 0 Å². The highest BCUT2D eigenvalue weighted by Gasteiger charge is 2.16. The van der Waals surface area contributed by atoms with Crippen LogP contribution < -0.4 is 5.32 Å². The van der Waals surface area contributed by atoms with Gasteiger partial charge in [0.2, 0.25) is 23.8 Å². The third-order valence-corrected chi connectivity index (χ3v) is 4.11. The van der Waals surface area contributed by atoms with E-state index in [9.17, 15) is 27.2 Å². The number of hydrogen-bond donors (Lipinski definition) is 2. The normalized spacial score (nSPS) is 10.7. The first-order valence-electron chi connectivity index (χ1n) is 9.17. The zero-order chi connectivity index (χ0) is 24.1. The third-order valence-electron chi connectivity index (χ3n) is 4.11. The molecule has 0 atom stereocenters. The molecule has 168 valence electrons. The van der Waals surface area contributed by atoms with Crippen LogP contribution in [0.4, 0.5) is 23.2 Å². The molecule has 0 spiro atoms. The predicted molar refractivity (Wildman–Crippen MR) is 108 cm³/mol. The maximum Gasteiger partial charge on any atom is 0.340 e. The Morgan fingerprint density at radius 3 is 1.66 bits per heavy atom. The quantitative estimate of drug-likeness (QED) is 0.435. The van der Waals surface area contributed by atoms with Crippen molar-refractivity contribution < 1.29 is 32.3 Å². The minimum absolute atomic E-state index is 0.00945. The number of carbonyl (C=O) groups excluding carboxylic acids is 1. The van der Waals surface area contributed by atoms with Crippen LogP contribution in [0.25, 0.3) is 0 Å². The molecule has 0 aliphatic rings. The van der Waals surface area contributed by atoms with E-state index in [1.54, 1.807) is 12.1 Å². The number of benzene rings is 1. The molecule has 0 radical (unpaired) electrons. The van der Waals surface area contributed by atoms with Crippen molar-refractivity contribution in [3.8, 4) is 0 Å². The van der Waals surface area contributed by atoms with Crippen LogP contribution in [0, 0.1) is 23.8 Å². The first-order chi connectivity index (χ1) is 14.9. The zero-order valence-electron chi connectivity index (χ0n) is 17.3. The van der Waals surface area contributed by atoms with Gasteiger partial charge in [-0.15, -0.1) is 0 Å². The monoisotopic (exact) mass is 449 g/mol. The van der Waals surface area contributed by atoms with Crippen molar-refractivity contribution in [2.75, 3.05) is 5.32 Å². The number of anilines is 1. The molecule has 3 aromatic rings. The summed E-state index contributed by atoms with van der Waals surface area (Å²) in [4.78, 5) is 27.7. The van der Waals surface area contributed by atoms with Gasteiger partial charge >= 0.3 is 5.97 Å². The van der Waals surface area contributed by atoms with Gasteiger partial charge in [0.05, 0.1) is 5.56 Å². The summed E-state index contributed by atoms with van der Waals surface area (Å²) in [6.07, 6.45) is 0. The number of aromatic nitrogens is 2. The summed E-state index contributed by atoms with van der Waals surface area (Å²) >= 11 is 0. The highest BCUT2D eigenvalue weighted by molar-refractivity contribution is 6.04. The topological polar surface area (TPSA) is 92.2 Å². The van der Waals surface area contributed by atoms with Crippen LogP contribution in [0.2, 0.25) is 0 Å². The van der Waals surface area contributed by atoms with Gasteiger partial charge < -0.3 is 10.4 Å². The smallest absolute Gasteiger partial charge is 0.340 e. The summed E-state index contributed by atoms with van der Waals surface area (Å²) in [5.41, 5.74) is 0.741. The Balaban J connectivity index is 0.000000278. The van der Waals surface area contributed by atoms with Crippen molar-refractivity contribution in [3.05, 3.63) is 89.0 Å². The molecule has 1 amide bonds. The second kappa shape index (κ2) is 9.99. The van der Waals surface area contributed by atoms with E-state index in [4.69, 9.17) is 5.11 Å². The van der Waals surface area contributed by atoms with Crippen molar-refractivity contribution in [3.63, 3.8) is 0 Å². The van der Waals surface area contributed by atoms with Crippen LogP contribution in [-0.2, 0) is 5.41 Å². The van der Waals surface area contributed by atoms with Crippen molar-refractivity contribution in [2.24, 2.45) is 0 Å². The predicted octanol–water partition coefficient (Wildman–Crippen LogP) is 4.97. The van der Waals surface area contributed by atoms with Crippen molar-refractivity contribution >= 4 is 17.6 Å². The standard InChI is InChI=1S/C16H16F2N2O.C6H3F2NO2/c1-16(2,3)10-4-6-11(7-5-10)19-15(21)12-8-9-13(17)20-14(12)18;7-4-2-1-3(6(10)11)5(8)9-4/h4-9H,1-3H3,(H,19,21);1-2H,(H,10,11). The molecule has 1 aromatic carbocycles. The molecule has 2 aromatic heterocycles. The van der Waals surface area contributed by atoms with Gasteiger partial charge in [0.1, 0.15) is 5.56 Å². The number of carboxylic acids is 1. The SMILES string of the molecule is CC(C)(C)c1ccc(NC(=O)c2ccc(F)nc2F)cc1.O=C(O)c1ccc(F)nc1F. The van der Waals surface area contributed by atoms with E-state index in [0.29, 0.717) is 5.69 Å². The summed E-state index contributed by atoms with van der Waals surface area (Å²) in [5.74, 6) is -6.55. The van der Waals surface area contributed by atoms with E-state index < -0.39 is 41.2 Å². The zero-order valence-corrected chi connectivity index (χ0v) is 17.3. The van der Waals surface area contributed by atoms with E-state index in [0.717, 1.165) is 29.8 Å². The van der Waals surface area contributed by atoms with Gasteiger partial charge in [-0.3, -0.25) is 4.79 Å². The summed E-state index contributed by atoms with van der Waals surface area (Å²) in [7, 11) is 0. The molecule has 2 heterocycles. The number of aromatic carboxylic acids is 1. The number of hydrogen-bond acceptors (Lipinski definition) is 4. The maximum atomic E-state index is 13.4. The average Bonchev–Trinajstić information content (AvgIpc) is 2.67. The number of rotatable bonds is 3. The van der Waals surface area contributed by atoms with E-state index in [-0.39, 0.29) is 11.0 Å². The van der Waals surface area contributed by atoms with Crippen molar-refractivity contribution in [1.82, 2.24) is 9.97 Å². The Morgan fingerprint density at radius 1 is 0.781 bits per heavy atom. The number of carboxylic acid groups (broad SMARTS) is 1. The van der Waals surface area contributed by atoms with Crippen LogP contribution in [-0.4, -0.2) is 27.0 Å². The first kappa shape index (κ1) is 24.4. The number of pyridine rings is 2. The Hall–Kier alpha value is -3.82. The Labute approximate surface area is 181 Å². The molecule has 0 aliphatic carbocycles. The summed E-state index contributed by atoms with van der Waals surface area (Å²) in [6.45, 7) is 6.25. The second-order valence-electron chi connectivity index (χ2n) is 7.53. The minimum Gasteiger partial charge on any atom is -0.478 e. The summed E-state index contributed by atoms with van der Waals surface area (Å²) in [5, 5.41) is 10.8. The lowest BCUT2D eigenvalue weighted by molar-refractivity contribution is 0.0690. The Kier molecular flexibility index (Phi) is 7.63. The lowest BCUT2D eigenvalue weighted by atomic mass is 9.87. The molecule has 2 N–H and O–H groups in total. The van der Waals surface area contributed by atoms with Crippen LogP contribution >= 0.6 is 0 Å². The highest BCUT2D eigenvalue weighted by Crippen LogP contribution is 2.23. The second-order valence-corrected chi connectivity index (χ2v) is 7.53. The fourth-order valence-electron chi connectivity index (χ4n) is 2.41. The molecule has 32 heavy (non-hydrogen) atoms. The van der Waals surface area contributed by atoms with Crippen LogP contribution in [0.15, 0.2) is 48.5 Å². The van der Waals surface area contributed by atoms with E-state index in [2.05, 4.69) is 36.1 Å². The van der Waals surface area contributed by atoms with Gasteiger partial charge in [-0.1, -0.05) is 32.9 Å². The Morgan fingerprint density at radius 2 is 1.25 bits per heavy atom. The minimum atomic E-state index is -1.46. The molecular formula is C22H19F4N3O3. The first-order valence-corrected chi connectivity index (χ1v) is 9.17. The summed E-state index contributed by atoms with van der Waals surface area (Å²) < 4.78 is 50.6. The van der Waals surface area contributed by atoms with Gasteiger partial charge in [0.15, 0.2) is 0 Å². The van der Waals surface area contributed by atoms with Crippen LogP contribution in [0.1, 0.15) is 47.1 Å². The van der Waals surface area contributed by atoms with E-state index in [1.807, 2.05) is 12.1 Å². The van der Waals surface area contributed by atoms with Crippen molar-refractivity contribution in [2.45, 2.75) is 26.2 Å². The molecular weight excluding hydrogens is 430 g/mol. The number of halogens is 4. The van der Waals surface area contributed by atoms with Gasteiger partial charge in [-0.05, 0) is 47.4 Å². The van der Waals surface area contributed by atoms with Crippen molar-refractivity contribution in [1.29, 1.82) is 0 Å². The lowest BCUT2D eigenvalue weighted by Crippen LogP contribution is -2.15. The molecule has 0 aliphatic heterocycles. The lowest BCUT2D eigenvalue weighted by Gasteiger charge is -2.19. The maximum absolute atomic E-state index is 13.4. The van der Waals surface area contributed by atoms with Gasteiger partial charge in [0.25, 0.3) is 5.91 Å². The number of amides is 1.